The maximum Gasteiger partial charge on any atom is 0.327 e. The summed E-state index contributed by atoms with van der Waals surface area (Å²) in [6.45, 7) is 1.37. The average molecular weight is 249 g/mol. The van der Waals surface area contributed by atoms with Crippen molar-refractivity contribution in [3.63, 3.8) is 0 Å². The first-order valence-electron chi connectivity index (χ1n) is 5.52. The monoisotopic (exact) mass is 249 g/mol. The van der Waals surface area contributed by atoms with Crippen LogP contribution in [0.15, 0.2) is 24.3 Å². The molecule has 1 aliphatic rings. The summed E-state index contributed by atoms with van der Waals surface area (Å²) >= 11 is 0. The van der Waals surface area contributed by atoms with Crippen molar-refractivity contribution >= 4 is 17.6 Å². The summed E-state index contributed by atoms with van der Waals surface area (Å²) in [6, 6.07) is 6.38. The third-order valence-electron chi connectivity index (χ3n) is 2.77. The Morgan fingerprint density at radius 3 is 2.89 bits per heavy atom. The molecule has 1 heterocycles. The maximum atomic E-state index is 11.9. The molecule has 1 aromatic rings. The van der Waals surface area contributed by atoms with Gasteiger partial charge in [0.1, 0.15) is 18.2 Å². The molecule has 18 heavy (non-hydrogen) atoms. The molecule has 0 aliphatic carbocycles. The van der Waals surface area contributed by atoms with Gasteiger partial charge in [-0.05, 0) is 19.1 Å². The van der Waals surface area contributed by atoms with E-state index < -0.39 is 11.6 Å². The first kappa shape index (κ1) is 12.4. The highest BCUT2D eigenvalue weighted by molar-refractivity contribution is 6.19. The van der Waals surface area contributed by atoms with E-state index in [2.05, 4.69) is 5.32 Å². The number of nitrogens with zero attached hydrogens (tertiary/aromatic N) is 1. The molecule has 0 saturated carbocycles. The zero-order valence-corrected chi connectivity index (χ0v) is 10.2. The van der Waals surface area contributed by atoms with Gasteiger partial charge >= 0.3 is 6.03 Å². The van der Waals surface area contributed by atoms with Crippen molar-refractivity contribution in [3.8, 4) is 5.75 Å². The van der Waals surface area contributed by atoms with Crippen molar-refractivity contribution in [2.24, 2.45) is 0 Å². The Labute approximate surface area is 105 Å². The quantitative estimate of drug-likeness (QED) is 0.640. The van der Waals surface area contributed by atoms with Crippen LogP contribution in [0.1, 0.15) is 6.92 Å². The molecule has 1 aliphatic heterocycles. The molecular weight excluding hydrogens is 234 g/mol. The third-order valence-corrected chi connectivity index (χ3v) is 2.77. The first-order valence-corrected chi connectivity index (χ1v) is 5.52. The lowest BCUT2D eigenvalue weighted by Gasteiger charge is -2.27. The van der Waals surface area contributed by atoms with E-state index in [9.17, 15) is 9.90 Å². The molecular formula is C12H15N3O3. The number of fused-ring (bicyclic) bond motifs is 1. The van der Waals surface area contributed by atoms with E-state index in [-0.39, 0.29) is 12.4 Å². The van der Waals surface area contributed by atoms with Crippen molar-refractivity contribution < 1.29 is 14.6 Å². The lowest BCUT2D eigenvalue weighted by Crippen LogP contribution is -2.53. The fourth-order valence-electron chi connectivity index (χ4n) is 1.73. The predicted octanol–water partition coefficient (Wildman–Crippen LogP) is 0.953. The van der Waals surface area contributed by atoms with E-state index in [1.165, 1.54) is 14.0 Å². The number of anilines is 1. The molecule has 6 heteroatoms. The summed E-state index contributed by atoms with van der Waals surface area (Å²) < 4.78 is 5.45. The standard InChI is InChI=1S/C12H15N3O3/c1-12(17)7-18-9-6-4-3-5-8(9)15(10(12)13)11(16)14-2/h3-6,13,17H,7H2,1-2H3,(H,14,16). The Morgan fingerprint density at radius 1 is 1.56 bits per heavy atom. The van der Waals surface area contributed by atoms with Crippen LogP contribution >= 0.6 is 0 Å². The van der Waals surface area contributed by atoms with Crippen LogP contribution in [-0.2, 0) is 0 Å². The minimum Gasteiger partial charge on any atom is -0.488 e. The molecule has 0 fully saturated rings. The van der Waals surface area contributed by atoms with Crippen molar-refractivity contribution in [1.82, 2.24) is 5.32 Å². The van der Waals surface area contributed by atoms with Crippen molar-refractivity contribution in [2.45, 2.75) is 12.5 Å². The molecule has 0 spiro atoms. The Bertz CT molecular complexity index is 499. The topological polar surface area (TPSA) is 85.7 Å². The van der Waals surface area contributed by atoms with Gasteiger partial charge in [-0.2, -0.15) is 0 Å². The van der Waals surface area contributed by atoms with Crippen LogP contribution in [0.4, 0.5) is 10.5 Å². The molecule has 0 radical (unpaired) electrons. The summed E-state index contributed by atoms with van der Waals surface area (Å²) in [5, 5.41) is 20.6. The fourth-order valence-corrected chi connectivity index (χ4v) is 1.73. The molecule has 1 aromatic carbocycles. The van der Waals surface area contributed by atoms with E-state index in [0.29, 0.717) is 11.4 Å². The van der Waals surface area contributed by atoms with Gasteiger partial charge in [0.25, 0.3) is 0 Å². The van der Waals surface area contributed by atoms with Crippen LogP contribution in [-0.4, -0.2) is 36.2 Å². The summed E-state index contributed by atoms with van der Waals surface area (Å²) in [5.41, 5.74) is -1.08. The van der Waals surface area contributed by atoms with E-state index in [1.54, 1.807) is 24.3 Å². The number of para-hydroxylation sites is 2. The molecule has 96 valence electrons. The highest BCUT2D eigenvalue weighted by atomic mass is 16.5. The van der Waals surface area contributed by atoms with Gasteiger partial charge in [0.2, 0.25) is 0 Å². The van der Waals surface area contributed by atoms with Crippen LogP contribution in [0.2, 0.25) is 0 Å². The van der Waals surface area contributed by atoms with Gasteiger partial charge in [-0.3, -0.25) is 5.41 Å². The Morgan fingerprint density at radius 2 is 2.22 bits per heavy atom. The molecule has 0 aromatic heterocycles. The van der Waals surface area contributed by atoms with Gasteiger partial charge < -0.3 is 15.2 Å². The van der Waals surface area contributed by atoms with Gasteiger partial charge in [-0.15, -0.1) is 0 Å². The van der Waals surface area contributed by atoms with Gasteiger partial charge in [0.15, 0.2) is 5.60 Å². The number of amides is 2. The van der Waals surface area contributed by atoms with Gasteiger partial charge in [-0.1, -0.05) is 12.1 Å². The van der Waals surface area contributed by atoms with Crippen LogP contribution < -0.4 is 15.0 Å². The summed E-state index contributed by atoms with van der Waals surface area (Å²) in [5.74, 6) is 0.246. The second-order valence-electron chi connectivity index (χ2n) is 4.27. The van der Waals surface area contributed by atoms with E-state index in [1.807, 2.05) is 0 Å². The van der Waals surface area contributed by atoms with Crippen molar-refractivity contribution in [2.75, 3.05) is 18.6 Å². The SMILES string of the molecule is CNC(=O)N1C(=N)C(C)(O)COc2ccccc21. The molecule has 2 rings (SSSR count). The van der Waals surface area contributed by atoms with E-state index in [4.69, 9.17) is 10.1 Å². The van der Waals surface area contributed by atoms with Gasteiger partial charge in [0.05, 0.1) is 5.69 Å². The fraction of sp³-hybridized carbons (Fsp3) is 0.333. The number of carbonyl (C=O) groups excluding carboxylic acids is 1. The summed E-state index contributed by atoms with van der Waals surface area (Å²) in [4.78, 5) is 13.0. The second kappa shape index (κ2) is 4.30. The van der Waals surface area contributed by atoms with Crippen LogP contribution in [0.3, 0.4) is 0 Å². The number of aliphatic hydroxyl groups is 1. The number of ether oxygens (including phenoxy) is 1. The van der Waals surface area contributed by atoms with Crippen molar-refractivity contribution in [1.29, 1.82) is 5.41 Å². The molecule has 1 unspecified atom stereocenters. The van der Waals surface area contributed by atoms with Crippen LogP contribution in [0.25, 0.3) is 0 Å². The minimum absolute atomic E-state index is 0.0731. The number of hydrogen-bond donors (Lipinski definition) is 3. The Balaban J connectivity index is 2.56. The van der Waals surface area contributed by atoms with Crippen LogP contribution in [0, 0.1) is 5.41 Å². The lowest BCUT2D eigenvalue weighted by molar-refractivity contribution is 0.0728. The predicted molar refractivity (Wildman–Crippen MR) is 67.2 cm³/mol. The first-order chi connectivity index (χ1) is 8.47. The van der Waals surface area contributed by atoms with Crippen LogP contribution in [0.5, 0.6) is 5.75 Å². The van der Waals surface area contributed by atoms with Gasteiger partial charge in [0, 0.05) is 7.05 Å². The number of rotatable bonds is 0. The number of benzene rings is 1. The average Bonchev–Trinajstić information content (AvgIpc) is 2.46. The smallest absolute Gasteiger partial charge is 0.327 e. The van der Waals surface area contributed by atoms with Gasteiger partial charge in [-0.25, -0.2) is 9.69 Å². The molecule has 2 amide bonds. The second-order valence-corrected chi connectivity index (χ2v) is 4.27. The third kappa shape index (κ3) is 1.91. The summed E-state index contributed by atoms with van der Waals surface area (Å²) in [6.07, 6.45) is 0. The summed E-state index contributed by atoms with van der Waals surface area (Å²) in [7, 11) is 1.47. The molecule has 1 atom stereocenters. The number of amidine groups is 1. The van der Waals surface area contributed by atoms with Crippen molar-refractivity contribution in [3.05, 3.63) is 24.3 Å². The number of carbonyl (C=O) groups is 1. The largest absolute Gasteiger partial charge is 0.488 e. The normalized spacial score (nSPS) is 22.8. The zero-order chi connectivity index (χ0) is 13.3. The van der Waals surface area contributed by atoms with E-state index >= 15 is 0 Å². The lowest BCUT2D eigenvalue weighted by atomic mass is 10.1. The maximum absolute atomic E-state index is 11.9. The highest BCUT2D eigenvalue weighted by Gasteiger charge is 2.39. The number of nitrogens with one attached hydrogen (secondary N) is 2. The molecule has 0 bridgehead atoms. The molecule has 3 N–H and O–H groups in total. The zero-order valence-electron chi connectivity index (χ0n) is 10.2. The molecule has 6 nitrogen and oxygen atoms in total. The highest BCUT2D eigenvalue weighted by Crippen LogP contribution is 2.33. The Kier molecular flexibility index (Phi) is 2.96. The minimum atomic E-state index is -1.52. The number of urea groups is 1. The molecule has 0 saturated heterocycles. The van der Waals surface area contributed by atoms with E-state index in [0.717, 1.165) is 4.90 Å². The number of hydrogen-bond acceptors (Lipinski definition) is 4. The Hall–Kier alpha value is -2.08.